The van der Waals surface area contributed by atoms with Crippen molar-refractivity contribution in [1.29, 1.82) is 5.26 Å². The maximum atomic E-state index is 13.5. The topological polar surface area (TPSA) is 66.0 Å². The third-order valence-corrected chi connectivity index (χ3v) is 4.36. The van der Waals surface area contributed by atoms with Gasteiger partial charge in [-0.15, -0.1) is 5.10 Å². The Labute approximate surface area is 155 Å². The number of aromatic nitrogens is 3. The highest BCUT2D eigenvalue weighted by atomic mass is 19.1. The van der Waals surface area contributed by atoms with E-state index in [2.05, 4.69) is 21.5 Å². The molecule has 132 valence electrons. The minimum absolute atomic E-state index is 0.112. The molecule has 0 aliphatic heterocycles. The third-order valence-electron chi connectivity index (χ3n) is 4.36. The molecule has 0 aliphatic rings. The van der Waals surface area contributed by atoms with Gasteiger partial charge in [-0.25, -0.2) is 13.9 Å². The second-order valence-corrected chi connectivity index (χ2v) is 6.25. The Morgan fingerprint density at radius 2 is 1.96 bits per heavy atom. The number of benzene rings is 2. The van der Waals surface area contributed by atoms with Gasteiger partial charge >= 0.3 is 0 Å². The highest BCUT2D eigenvalue weighted by Gasteiger charge is 2.11. The first-order valence-electron chi connectivity index (χ1n) is 8.51. The lowest BCUT2D eigenvalue weighted by Gasteiger charge is -2.15. The second kappa shape index (κ2) is 6.89. The summed E-state index contributed by atoms with van der Waals surface area (Å²) in [7, 11) is 0. The zero-order chi connectivity index (χ0) is 18.8. The quantitative estimate of drug-likeness (QED) is 0.580. The molecule has 1 N–H and O–H groups in total. The Kier molecular flexibility index (Phi) is 4.27. The summed E-state index contributed by atoms with van der Waals surface area (Å²) in [5, 5.41) is 17.0. The van der Waals surface area contributed by atoms with Crippen LogP contribution in [0.4, 0.5) is 10.2 Å². The molecular formula is C21H16FN5. The lowest BCUT2D eigenvalue weighted by atomic mass is 10.1. The third kappa shape index (κ3) is 3.35. The van der Waals surface area contributed by atoms with E-state index in [0.717, 1.165) is 16.8 Å². The van der Waals surface area contributed by atoms with Gasteiger partial charge in [-0.2, -0.15) is 5.26 Å². The molecule has 5 nitrogen and oxygen atoms in total. The second-order valence-electron chi connectivity index (χ2n) is 6.25. The molecule has 2 heterocycles. The van der Waals surface area contributed by atoms with E-state index in [1.807, 2.05) is 37.3 Å². The first-order chi connectivity index (χ1) is 13.1. The van der Waals surface area contributed by atoms with Crippen molar-refractivity contribution in [2.24, 2.45) is 0 Å². The first-order valence-corrected chi connectivity index (χ1v) is 8.51. The summed E-state index contributed by atoms with van der Waals surface area (Å²) in [4.78, 5) is 4.38. The van der Waals surface area contributed by atoms with E-state index in [-0.39, 0.29) is 11.9 Å². The molecule has 0 saturated carbocycles. The molecule has 0 spiro atoms. The molecule has 0 saturated heterocycles. The van der Waals surface area contributed by atoms with Gasteiger partial charge in [0.2, 0.25) is 0 Å². The van der Waals surface area contributed by atoms with E-state index in [1.165, 1.54) is 12.1 Å². The van der Waals surface area contributed by atoms with Gasteiger partial charge < -0.3 is 5.32 Å². The smallest absolute Gasteiger partial charge is 0.154 e. The van der Waals surface area contributed by atoms with Crippen LogP contribution in [0.3, 0.4) is 0 Å². The van der Waals surface area contributed by atoms with Crippen LogP contribution in [0.1, 0.15) is 24.1 Å². The van der Waals surface area contributed by atoms with Crippen molar-refractivity contribution in [3.63, 3.8) is 0 Å². The molecule has 2 aromatic heterocycles. The largest absolute Gasteiger partial charge is 0.362 e. The van der Waals surface area contributed by atoms with Crippen molar-refractivity contribution in [2.45, 2.75) is 13.0 Å². The van der Waals surface area contributed by atoms with Gasteiger partial charge in [0.15, 0.2) is 5.65 Å². The number of fused-ring (bicyclic) bond motifs is 1. The van der Waals surface area contributed by atoms with E-state index < -0.39 is 0 Å². The molecule has 0 aliphatic carbocycles. The van der Waals surface area contributed by atoms with Crippen LogP contribution in [0.5, 0.6) is 0 Å². The minimum atomic E-state index is -0.265. The van der Waals surface area contributed by atoms with Gasteiger partial charge in [-0.05, 0) is 48.9 Å². The fraction of sp³-hybridized carbons (Fsp3) is 0.0952. The van der Waals surface area contributed by atoms with Crippen molar-refractivity contribution >= 4 is 11.5 Å². The molecule has 4 aromatic rings. The highest BCUT2D eigenvalue weighted by Crippen LogP contribution is 2.23. The number of hydrogen-bond acceptors (Lipinski definition) is 4. The normalized spacial score (nSPS) is 11.9. The van der Waals surface area contributed by atoms with Gasteiger partial charge in [0.25, 0.3) is 0 Å². The van der Waals surface area contributed by atoms with Crippen molar-refractivity contribution in [2.75, 3.05) is 5.32 Å². The number of nitrogens with zero attached hydrogens (tertiary/aromatic N) is 4. The SMILES string of the molecule is C[C@@H](Nc1ccc2ncc(-c3cccc(C#N)c3)n2n1)c1cccc(F)c1. The van der Waals surface area contributed by atoms with E-state index in [4.69, 9.17) is 5.26 Å². The maximum Gasteiger partial charge on any atom is 0.154 e. The summed E-state index contributed by atoms with van der Waals surface area (Å²) >= 11 is 0. The van der Waals surface area contributed by atoms with Gasteiger partial charge in [0.1, 0.15) is 11.6 Å². The van der Waals surface area contributed by atoms with Gasteiger partial charge in [0.05, 0.1) is 29.6 Å². The number of imidazole rings is 1. The number of nitriles is 1. The zero-order valence-corrected chi connectivity index (χ0v) is 14.6. The zero-order valence-electron chi connectivity index (χ0n) is 14.6. The van der Waals surface area contributed by atoms with Gasteiger partial charge in [0, 0.05) is 5.56 Å². The van der Waals surface area contributed by atoms with Crippen LogP contribution in [0.25, 0.3) is 16.9 Å². The van der Waals surface area contributed by atoms with Crippen LogP contribution in [0, 0.1) is 17.1 Å². The standard InChI is InChI=1S/C21H16FN5/c1-14(16-5-3-7-18(22)11-16)25-20-8-9-21-24-13-19(27(21)26-20)17-6-2-4-15(10-17)12-23/h2-11,13-14H,1H3,(H,25,26)/t14-/m1/s1. The average molecular weight is 357 g/mol. The summed E-state index contributed by atoms with van der Waals surface area (Å²) in [6.07, 6.45) is 1.73. The maximum absolute atomic E-state index is 13.5. The van der Waals surface area contributed by atoms with Gasteiger partial charge in [-0.1, -0.05) is 24.3 Å². The fourth-order valence-corrected chi connectivity index (χ4v) is 2.98. The number of nitrogens with one attached hydrogen (secondary N) is 1. The molecule has 2 aromatic carbocycles. The molecule has 0 radical (unpaired) electrons. The molecule has 0 amide bonds. The monoisotopic (exact) mass is 357 g/mol. The van der Waals surface area contributed by atoms with Crippen LogP contribution in [-0.2, 0) is 0 Å². The Bertz CT molecular complexity index is 1160. The van der Waals surface area contributed by atoms with Crippen LogP contribution in [0.2, 0.25) is 0 Å². The molecule has 0 fully saturated rings. The molecule has 0 bridgehead atoms. The van der Waals surface area contributed by atoms with Crippen molar-refractivity contribution in [3.8, 4) is 17.3 Å². The van der Waals surface area contributed by atoms with Gasteiger partial charge in [-0.3, -0.25) is 0 Å². The minimum Gasteiger partial charge on any atom is -0.362 e. The van der Waals surface area contributed by atoms with E-state index in [0.29, 0.717) is 17.0 Å². The van der Waals surface area contributed by atoms with Crippen molar-refractivity contribution in [3.05, 3.63) is 83.8 Å². The number of halogens is 1. The van der Waals surface area contributed by atoms with E-state index >= 15 is 0 Å². The average Bonchev–Trinajstić information content (AvgIpc) is 3.11. The number of hydrogen-bond donors (Lipinski definition) is 1. The molecule has 4 rings (SSSR count). The molecular weight excluding hydrogens is 341 g/mol. The predicted octanol–water partition coefficient (Wildman–Crippen LogP) is 4.58. The van der Waals surface area contributed by atoms with E-state index in [9.17, 15) is 4.39 Å². The lowest BCUT2D eigenvalue weighted by Crippen LogP contribution is -2.09. The Morgan fingerprint density at radius 3 is 2.78 bits per heavy atom. The van der Waals surface area contributed by atoms with Crippen LogP contribution in [-0.4, -0.2) is 14.6 Å². The Hall–Kier alpha value is -3.72. The molecule has 6 heteroatoms. The Balaban J connectivity index is 1.68. The molecule has 27 heavy (non-hydrogen) atoms. The predicted molar refractivity (Wildman–Crippen MR) is 102 cm³/mol. The lowest BCUT2D eigenvalue weighted by molar-refractivity contribution is 0.623. The summed E-state index contributed by atoms with van der Waals surface area (Å²) in [5.41, 5.74) is 3.78. The molecule has 0 unspecified atom stereocenters. The van der Waals surface area contributed by atoms with Crippen LogP contribution >= 0.6 is 0 Å². The van der Waals surface area contributed by atoms with Crippen LogP contribution in [0.15, 0.2) is 66.9 Å². The fourth-order valence-electron chi connectivity index (χ4n) is 2.98. The van der Waals surface area contributed by atoms with Crippen LogP contribution < -0.4 is 5.32 Å². The Morgan fingerprint density at radius 1 is 1.11 bits per heavy atom. The number of rotatable bonds is 4. The van der Waals surface area contributed by atoms with E-state index in [1.54, 1.807) is 28.9 Å². The summed E-state index contributed by atoms with van der Waals surface area (Å²) in [5.74, 6) is 0.383. The van der Waals surface area contributed by atoms with Crippen molar-refractivity contribution < 1.29 is 4.39 Å². The molecule has 1 atom stereocenters. The summed E-state index contributed by atoms with van der Waals surface area (Å²) in [6.45, 7) is 1.95. The number of anilines is 1. The first kappa shape index (κ1) is 16.7. The summed E-state index contributed by atoms with van der Waals surface area (Å²) in [6, 6.07) is 19.5. The summed E-state index contributed by atoms with van der Waals surface area (Å²) < 4.78 is 15.2. The van der Waals surface area contributed by atoms with Crippen molar-refractivity contribution in [1.82, 2.24) is 14.6 Å². The highest BCUT2D eigenvalue weighted by molar-refractivity contribution is 5.65.